The Bertz CT molecular complexity index is 367. The first-order valence-electron chi connectivity index (χ1n) is 3.74. The molecule has 0 unspecified atom stereocenters. The van der Waals surface area contributed by atoms with E-state index in [9.17, 15) is 18.0 Å². The molecule has 0 aromatic heterocycles. The number of benzene rings is 1. The Morgan fingerprint density at radius 1 is 1.36 bits per heavy atom. The summed E-state index contributed by atoms with van der Waals surface area (Å²) < 4.78 is 36.5. The molecule has 0 N–H and O–H groups in total. The quantitative estimate of drug-likeness (QED) is 0.534. The Labute approximate surface area is 78.1 Å². The summed E-state index contributed by atoms with van der Waals surface area (Å²) in [5.41, 5.74) is -0.403. The van der Waals surface area contributed by atoms with Crippen molar-refractivity contribution in [3.63, 3.8) is 0 Å². The van der Waals surface area contributed by atoms with Gasteiger partial charge in [-0.15, -0.1) is 0 Å². The van der Waals surface area contributed by atoms with Crippen LogP contribution in [0.4, 0.5) is 13.2 Å². The lowest BCUT2D eigenvalue weighted by Crippen LogP contribution is -2.04. The molecule has 0 fully saturated rings. The average molecular weight is 201 g/mol. The van der Waals surface area contributed by atoms with Crippen LogP contribution >= 0.6 is 0 Å². The van der Waals surface area contributed by atoms with E-state index in [-0.39, 0.29) is 6.54 Å². The molecule has 0 atom stereocenters. The van der Waals surface area contributed by atoms with Gasteiger partial charge in [-0.1, -0.05) is 12.1 Å². The van der Waals surface area contributed by atoms with Gasteiger partial charge in [0.15, 0.2) is 0 Å². The second-order valence-electron chi connectivity index (χ2n) is 2.61. The molecule has 0 aliphatic carbocycles. The zero-order valence-electron chi connectivity index (χ0n) is 7.01. The number of alkyl halides is 3. The van der Waals surface area contributed by atoms with Gasteiger partial charge < -0.3 is 0 Å². The van der Waals surface area contributed by atoms with E-state index >= 15 is 0 Å². The Hall–Kier alpha value is -1.61. The summed E-state index contributed by atoms with van der Waals surface area (Å²) in [6.45, 7) is -0.0760. The van der Waals surface area contributed by atoms with Crippen LogP contribution in [0.25, 0.3) is 0 Å². The third-order valence-corrected chi connectivity index (χ3v) is 1.58. The first-order chi connectivity index (χ1) is 6.54. The molecule has 1 aromatic carbocycles. The van der Waals surface area contributed by atoms with E-state index in [2.05, 4.69) is 4.99 Å². The van der Waals surface area contributed by atoms with Crippen LogP contribution in [0.3, 0.4) is 0 Å². The molecule has 0 radical (unpaired) electrons. The van der Waals surface area contributed by atoms with Crippen LogP contribution in [0.2, 0.25) is 0 Å². The second-order valence-corrected chi connectivity index (χ2v) is 2.61. The first kappa shape index (κ1) is 10.5. The zero-order valence-corrected chi connectivity index (χ0v) is 7.01. The summed E-state index contributed by atoms with van der Waals surface area (Å²) in [5, 5.41) is 0. The number of hydrogen-bond acceptors (Lipinski definition) is 2. The highest BCUT2D eigenvalue weighted by atomic mass is 19.4. The van der Waals surface area contributed by atoms with Gasteiger partial charge in [0.1, 0.15) is 0 Å². The van der Waals surface area contributed by atoms with E-state index in [1.54, 1.807) is 0 Å². The topological polar surface area (TPSA) is 29.4 Å². The number of rotatable bonds is 2. The van der Waals surface area contributed by atoms with Gasteiger partial charge >= 0.3 is 6.18 Å². The van der Waals surface area contributed by atoms with Gasteiger partial charge in [-0.05, 0) is 17.7 Å². The van der Waals surface area contributed by atoms with E-state index in [0.717, 1.165) is 12.1 Å². The van der Waals surface area contributed by atoms with E-state index in [4.69, 9.17) is 0 Å². The molecule has 0 spiro atoms. The molecule has 0 saturated carbocycles. The van der Waals surface area contributed by atoms with Crippen LogP contribution in [0.5, 0.6) is 0 Å². The van der Waals surface area contributed by atoms with Gasteiger partial charge in [0.05, 0.1) is 12.1 Å². The zero-order chi connectivity index (χ0) is 10.6. The number of isocyanates is 1. The highest BCUT2D eigenvalue weighted by Gasteiger charge is 2.30. The summed E-state index contributed by atoms with van der Waals surface area (Å²) in [6.07, 6.45) is -3.09. The predicted molar refractivity (Wildman–Crippen MR) is 43.3 cm³/mol. The summed E-state index contributed by atoms with van der Waals surface area (Å²) >= 11 is 0. The average Bonchev–Trinajstić information content (AvgIpc) is 2.14. The Morgan fingerprint density at radius 2 is 2.07 bits per heavy atom. The van der Waals surface area contributed by atoms with Crippen molar-refractivity contribution in [2.75, 3.05) is 0 Å². The van der Waals surface area contributed by atoms with Crippen molar-refractivity contribution in [1.82, 2.24) is 0 Å². The summed E-state index contributed by atoms with van der Waals surface area (Å²) in [5.74, 6) is 0. The number of halogens is 3. The van der Waals surface area contributed by atoms with Crippen molar-refractivity contribution in [3.8, 4) is 0 Å². The van der Waals surface area contributed by atoms with E-state index < -0.39 is 11.7 Å². The van der Waals surface area contributed by atoms with E-state index in [1.807, 2.05) is 0 Å². The van der Waals surface area contributed by atoms with Crippen molar-refractivity contribution in [2.45, 2.75) is 12.7 Å². The number of nitrogens with zero attached hydrogens (tertiary/aromatic N) is 1. The molecule has 0 amide bonds. The SMILES string of the molecule is O=C=NCc1cccc(C(F)(F)F)c1. The van der Waals surface area contributed by atoms with Crippen LogP contribution in [0, 0.1) is 0 Å². The number of hydrogen-bond donors (Lipinski definition) is 0. The lowest BCUT2D eigenvalue weighted by atomic mass is 10.1. The molecule has 74 valence electrons. The molecule has 0 saturated heterocycles. The molecule has 5 heteroatoms. The van der Waals surface area contributed by atoms with Crippen LogP contribution in [0.15, 0.2) is 29.3 Å². The minimum absolute atomic E-state index is 0.0760. The van der Waals surface area contributed by atoms with E-state index in [1.165, 1.54) is 18.2 Å². The molecule has 0 heterocycles. The molecule has 1 aromatic rings. The maximum absolute atomic E-state index is 12.2. The largest absolute Gasteiger partial charge is 0.416 e. The van der Waals surface area contributed by atoms with Crippen LogP contribution < -0.4 is 0 Å². The van der Waals surface area contributed by atoms with Gasteiger partial charge in [0.25, 0.3) is 0 Å². The smallest absolute Gasteiger partial charge is 0.211 e. The van der Waals surface area contributed by atoms with Crippen LogP contribution in [-0.4, -0.2) is 6.08 Å². The molecule has 1 rings (SSSR count). The summed E-state index contributed by atoms with van der Waals surface area (Å²) in [7, 11) is 0. The van der Waals surface area contributed by atoms with Crippen molar-refractivity contribution in [1.29, 1.82) is 0 Å². The standard InChI is InChI=1S/C9H6F3NO/c10-9(11,12)8-3-1-2-7(4-8)5-13-6-14/h1-4H,5H2. The molecule has 0 aliphatic heterocycles. The van der Waals surface area contributed by atoms with Gasteiger partial charge in [0, 0.05) is 0 Å². The fourth-order valence-electron chi connectivity index (χ4n) is 0.970. The van der Waals surface area contributed by atoms with Crippen molar-refractivity contribution >= 4 is 6.08 Å². The van der Waals surface area contributed by atoms with Gasteiger partial charge in [-0.3, -0.25) is 0 Å². The van der Waals surface area contributed by atoms with Crippen LogP contribution in [0.1, 0.15) is 11.1 Å². The normalized spacial score (nSPS) is 10.8. The Kier molecular flexibility index (Phi) is 3.04. The highest BCUT2D eigenvalue weighted by molar-refractivity contribution is 5.34. The summed E-state index contributed by atoms with van der Waals surface area (Å²) in [4.78, 5) is 12.9. The molecule has 0 aliphatic rings. The Morgan fingerprint density at radius 3 is 2.64 bits per heavy atom. The maximum atomic E-state index is 12.2. The first-order valence-corrected chi connectivity index (χ1v) is 3.74. The number of aliphatic imine (C=N–C) groups is 1. The molecule has 14 heavy (non-hydrogen) atoms. The highest BCUT2D eigenvalue weighted by Crippen LogP contribution is 2.29. The third kappa shape index (κ3) is 2.71. The molecular weight excluding hydrogens is 195 g/mol. The van der Waals surface area contributed by atoms with E-state index in [0.29, 0.717) is 5.56 Å². The molecule has 0 bridgehead atoms. The van der Waals surface area contributed by atoms with Gasteiger partial charge in [0.2, 0.25) is 6.08 Å². The van der Waals surface area contributed by atoms with Crippen molar-refractivity contribution < 1.29 is 18.0 Å². The number of carbonyl (C=O) groups excluding carboxylic acids is 1. The van der Waals surface area contributed by atoms with Gasteiger partial charge in [-0.25, -0.2) is 9.79 Å². The monoisotopic (exact) mass is 201 g/mol. The predicted octanol–water partition coefficient (Wildman–Crippen LogP) is 2.54. The fraction of sp³-hybridized carbons (Fsp3) is 0.222. The lowest BCUT2D eigenvalue weighted by molar-refractivity contribution is -0.137. The third-order valence-electron chi connectivity index (χ3n) is 1.58. The fourth-order valence-corrected chi connectivity index (χ4v) is 0.970. The van der Waals surface area contributed by atoms with Gasteiger partial charge in [-0.2, -0.15) is 13.2 Å². The van der Waals surface area contributed by atoms with Crippen LogP contribution in [-0.2, 0) is 17.5 Å². The minimum atomic E-state index is -4.36. The summed E-state index contributed by atoms with van der Waals surface area (Å²) in [6, 6.07) is 4.67. The second kappa shape index (κ2) is 4.07. The van der Waals surface area contributed by atoms with Crippen molar-refractivity contribution in [2.24, 2.45) is 4.99 Å². The van der Waals surface area contributed by atoms with Crippen molar-refractivity contribution in [3.05, 3.63) is 35.4 Å². The minimum Gasteiger partial charge on any atom is -0.211 e. The Balaban J connectivity index is 2.95. The maximum Gasteiger partial charge on any atom is 0.416 e. The molecule has 2 nitrogen and oxygen atoms in total. The molecular formula is C9H6F3NO. The lowest BCUT2D eigenvalue weighted by Gasteiger charge is -2.06.